The van der Waals surface area contributed by atoms with E-state index in [0.717, 1.165) is 32.6 Å². The number of rotatable bonds is 4. The van der Waals surface area contributed by atoms with Gasteiger partial charge in [0.05, 0.1) is 0 Å². The average Bonchev–Trinajstić information content (AvgIpc) is 3.01. The number of hydrogen-bond donors (Lipinski definition) is 1. The number of benzene rings is 1. The van der Waals surface area contributed by atoms with Gasteiger partial charge in [-0.2, -0.15) is 0 Å². The Kier molecular flexibility index (Phi) is 4.76. The van der Waals surface area contributed by atoms with Crippen LogP contribution in [0.5, 0.6) is 0 Å². The Morgan fingerprint density at radius 2 is 2.08 bits per heavy atom. The Hall–Kier alpha value is -2.40. The van der Waals surface area contributed by atoms with Crippen molar-refractivity contribution < 1.29 is 14.7 Å². The molecule has 1 aromatic carbocycles. The third-order valence-corrected chi connectivity index (χ3v) is 5.94. The first kappa shape index (κ1) is 18.4. The standard InChI is InChI=1S/C21H23NO3S/c1-5-22-17-11-15(18-8-6-14(26-18)7-9-20(24)25)13(2)10-16(17)21(3,4)12-19(22)23/h6-11H,5,12H2,1-4H3,(H,24,25). The molecule has 0 saturated heterocycles. The average molecular weight is 369 g/mol. The van der Waals surface area contributed by atoms with Crippen LogP contribution in [0.4, 0.5) is 5.69 Å². The van der Waals surface area contributed by atoms with Crippen LogP contribution in [0.1, 0.15) is 43.2 Å². The summed E-state index contributed by atoms with van der Waals surface area (Å²) >= 11 is 1.55. The Morgan fingerprint density at radius 3 is 2.73 bits per heavy atom. The van der Waals surface area contributed by atoms with Crippen molar-refractivity contribution in [3.05, 3.63) is 46.3 Å². The van der Waals surface area contributed by atoms with Gasteiger partial charge in [0.2, 0.25) is 5.91 Å². The van der Waals surface area contributed by atoms with Gasteiger partial charge in [0, 0.05) is 39.9 Å². The maximum atomic E-state index is 12.6. The Labute approximate surface area is 157 Å². The maximum absolute atomic E-state index is 12.6. The number of amides is 1. The molecule has 4 nitrogen and oxygen atoms in total. The summed E-state index contributed by atoms with van der Waals surface area (Å²) in [6.07, 6.45) is 3.28. The van der Waals surface area contributed by atoms with Gasteiger partial charge in [-0.15, -0.1) is 11.3 Å². The van der Waals surface area contributed by atoms with Gasteiger partial charge in [-0.25, -0.2) is 4.79 Å². The lowest BCUT2D eigenvalue weighted by atomic mass is 9.76. The molecule has 0 spiro atoms. The van der Waals surface area contributed by atoms with Crippen LogP contribution in [0.2, 0.25) is 0 Å². The zero-order chi connectivity index (χ0) is 19.1. The lowest BCUT2D eigenvalue weighted by Crippen LogP contribution is -2.41. The fraction of sp³-hybridized carbons (Fsp3) is 0.333. The molecule has 1 N–H and O–H groups in total. The second kappa shape index (κ2) is 6.72. The molecule has 1 amide bonds. The van der Waals surface area contributed by atoms with Crippen LogP contribution in [-0.2, 0) is 15.0 Å². The van der Waals surface area contributed by atoms with Crippen LogP contribution in [0.15, 0.2) is 30.3 Å². The quantitative estimate of drug-likeness (QED) is 0.783. The molecule has 0 aliphatic carbocycles. The van der Waals surface area contributed by atoms with Crippen LogP contribution in [-0.4, -0.2) is 23.5 Å². The highest BCUT2D eigenvalue weighted by molar-refractivity contribution is 7.16. The minimum atomic E-state index is -0.954. The fourth-order valence-corrected chi connectivity index (χ4v) is 4.51. The molecule has 5 heteroatoms. The lowest BCUT2D eigenvalue weighted by molar-refractivity contribution is -0.131. The molecule has 2 aromatic rings. The smallest absolute Gasteiger partial charge is 0.328 e. The summed E-state index contributed by atoms with van der Waals surface area (Å²) in [4.78, 5) is 27.1. The number of carboxylic acid groups (broad SMARTS) is 1. The number of nitrogens with zero attached hydrogens (tertiary/aromatic N) is 1. The summed E-state index contributed by atoms with van der Waals surface area (Å²) in [5, 5.41) is 8.79. The molecule has 2 heterocycles. The van der Waals surface area contributed by atoms with E-state index in [2.05, 4.69) is 32.9 Å². The first-order chi connectivity index (χ1) is 12.2. The second-order valence-corrected chi connectivity index (χ2v) is 8.37. The van der Waals surface area contributed by atoms with Crippen LogP contribution in [0.25, 0.3) is 16.5 Å². The van der Waals surface area contributed by atoms with Crippen LogP contribution < -0.4 is 4.90 Å². The summed E-state index contributed by atoms with van der Waals surface area (Å²) in [7, 11) is 0. The molecule has 0 fully saturated rings. The second-order valence-electron chi connectivity index (χ2n) is 7.26. The Balaban J connectivity index is 2.09. The van der Waals surface area contributed by atoms with E-state index in [9.17, 15) is 9.59 Å². The van der Waals surface area contributed by atoms with E-state index in [1.807, 2.05) is 24.0 Å². The van der Waals surface area contributed by atoms with Crippen molar-refractivity contribution in [1.29, 1.82) is 0 Å². The van der Waals surface area contributed by atoms with E-state index in [4.69, 9.17) is 5.11 Å². The van der Waals surface area contributed by atoms with Gasteiger partial charge >= 0.3 is 5.97 Å². The normalized spacial score (nSPS) is 16.2. The van der Waals surface area contributed by atoms with Crippen molar-refractivity contribution in [3.63, 3.8) is 0 Å². The molecule has 1 aliphatic rings. The predicted octanol–water partition coefficient (Wildman–Crippen LogP) is 4.86. The topological polar surface area (TPSA) is 57.6 Å². The van der Waals surface area contributed by atoms with Crippen LogP contribution >= 0.6 is 11.3 Å². The van der Waals surface area contributed by atoms with Crippen molar-refractivity contribution in [2.75, 3.05) is 11.4 Å². The molecular formula is C21H23NO3S. The molecule has 0 atom stereocenters. The van der Waals surface area contributed by atoms with E-state index in [0.29, 0.717) is 13.0 Å². The molecule has 26 heavy (non-hydrogen) atoms. The number of carboxylic acids is 1. The van der Waals surface area contributed by atoms with Gasteiger partial charge in [-0.3, -0.25) is 4.79 Å². The summed E-state index contributed by atoms with van der Waals surface area (Å²) in [5.74, 6) is -0.791. The van der Waals surface area contributed by atoms with E-state index in [-0.39, 0.29) is 11.3 Å². The monoisotopic (exact) mass is 369 g/mol. The summed E-state index contributed by atoms with van der Waals surface area (Å²) in [6, 6.07) is 8.24. The number of carbonyl (C=O) groups excluding carboxylic acids is 1. The van der Waals surface area contributed by atoms with Gasteiger partial charge in [0.15, 0.2) is 0 Å². The number of thiophene rings is 1. The highest BCUT2D eigenvalue weighted by Crippen LogP contribution is 2.44. The Morgan fingerprint density at radius 1 is 1.35 bits per heavy atom. The number of anilines is 1. The van der Waals surface area contributed by atoms with Crippen molar-refractivity contribution in [3.8, 4) is 10.4 Å². The summed E-state index contributed by atoms with van der Waals surface area (Å²) < 4.78 is 0. The van der Waals surface area contributed by atoms with Gasteiger partial charge in [0.25, 0.3) is 0 Å². The zero-order valence-corrected chi connectivity index (χ0v) is 16.3. The molecule has 0 saturated carbocycles. The highest BCUT2D eigenvalue weighted by atomic mass is 32.1. The van der Waals surface area contributed by atoms with Crippen LogP contribution in [0.3, 0.4) is 0 Å². The van der Waals surface area contributed by atoms with E-state index >= 15 is 0 Å². The molecular weight excluding hydrogens is 346 g/mol. The molecule has 1 aromatic heterocycles. The molecule has 3 rings (SSSR count). The molecule has 0 unspecified atom stereocenters. The summed E-state index contributed by atoms with van der Waals surface area (Å²) in [6.45, 7) is 8.98. The first-order valence-corrected chi connectivity index (χ1v) is 9.51. The number of fused-ring (bicyclic) bond motifs is 1. The zero-order valence-electron chi connectivity index (χ0n) is 15.5. The van der Waals surface area contributed by atoms with Crippen molar-refractivity contribution in [2.45, 2.75) is 39.5 Å². The number of aliphatic carboxylic acids is 1. The molecule has 1 aliphatic heterocycles. The van der Waals surface area contributed by atoms with E-state index in [1.165, 1.54) is 5.56 Å². The van der Waals surface area contributed by atoms with Crippen molar-refractivity contribution in [1.82, 2.24) is 0 Å². The number of hydrogen-bond acceptors (Lipinski definition) is 3. The minimum Gasteiger partial charge on any atom is -0.478 e. The lowest BCUT2D eigenvalue weighted by Gasteiger charge is -2.39. The van der Waals surface area contributed by atoms with E-state index < -0.39 is 5.97 Å². The van der Waals surface area contributed by atoms with Gasteiger partial charge in [-0.05, 0) is 54.8 Å². The maximum Gasteiger partial charge on any atom is 0.328 e. The summed E-state index contributed by atoms with van der Waals surface area (Å²) in [5.41, 5.74) is 4.28. The fourth-order valence-electron chi connectivity index (χ4n) is 3.52. The first-order valence-electron chi connectivity index (χ1n) is 8.69. The third-order valence-electron chi connectivity index (χ3n) is 4.86. The van der Waals surface area contributed by atoms with Gasteiger partial charge < -0.3 is 10.0 Å². The SMILES string of the molecule is CCN1C(=O)CC(C)(C)c2cc(C)c(-c3ccc(C=CC(=O)O)s3)cc21. The minimum absolute atomic E-state index is 0.163. The number of carbonyl (C=O) groups is 2. The number of aryl methyl sites for hydroxylation is 1. The van der Waals surface area contributed by atoms with E-state index in [1.54, 1.807) is 17.4 Å². The van der Waals surface area contributed by atoms with Gasteiger partial charge in [0.1, 0.15) is 0 Å². The van der Waals surface area contributed by atoms with Crippen LogP contribution in [0, 0.1) is 6.92 Å². The Bertz CT molecular complexity index is 908. The van der Waals surface area contributed by atoms with Crippen molar-refractivity contribution >= 4 is 35.0 Å². The molecule has 136 valence electrons. The third kappa shape index (κ3) is 3.31. The largest absolute Gasteiger partial charge is 0.478 e. The van der Waals surface area contributed by atoms with Crippen molar-refractivity contribution in [2.24, 2.45) is 0 Å². The molecule has 0 radical (unpaired) electrons. The molecule has 0 bridgehead atoms. The predicted molar refractivity (Wildman–Crippen MR) is 107 cm³/mol. The highest BCUT2D eigenvalue weighted by Gasteiger charge is 2.36. The van der Waals surface area contributed by atoms with Gasteiger partial charge in [-0.1, -0.05) is 19.9 Å².